The summed E-state index contributed by atoms with van der Waals surface area (Å²) in [6, 6.07) is 0. The molecule has 0 aromatic carbocycles. The Bertz CT molecular complexity index is 1290. The van der Waals surface area contributed by atoms with Crippen LogP contribution in [0.25, 0.3) is 10.2 Å². The molecule has 0 unspecified atom stereocenters. The number of aryl methyl sites for hydroxylation is 3. The maximum Gasteiger partial charge on any atom is 0.349 e. The number of aromatic amines is 1. The summed E-state index contributed by atoms with van der Waals surface area (Å²) in [4.78, 5) is 57.8. The van der Waals surface area contributed by atoms with E-state index < -0.39 is 24.5 Å². The number of hydrogen-bond donors (Lipinski definition) is 2. The molecule has 0 saturated carbocycles. The number of nitrogens with one attached hydrogen (secondary N) is 2. The van der Waals surface area contributed by atoms with Gasteiger partial charge in [-0.2, -0.15) is 0 Å². The summed E-state index contributed by atoms with van der Waals surface area (Å²) in [7, 11) is 1.30. The average Bonchev–Trinajstić information content (AvgIpc) is 3.38. The molecule has 0 saturated heterocycles. The summed E-state index contributed by atoms with van der Waals surface area (Å²) < 4.78 is 10.0. The zero-order valence-corrected chi connectivity index (χ0v) is 18.7. The second kappa shape index (κ2) is 8.23. The molecule has 31 heavy (non-hydrogen) atoms. The fourth-order valence-corrected chi connectivity index (χ4v) is 6.03. The average molecular weight is 462 g/mol. The van der Waals surface area contributed by atoms with E-state index >= 15 is 0 Å². The first-order valence-electron chi connectivity index (χ1n) is 9.50. The number of fused-ring (bicyclic) bond motifs is 2. The molecule has 1 amide bonds. The number of carbonyl (C=O) groups excluding carboxylic acids is 3. The molecule has 1 aliphatic carbocycles. The van der Waals surface area contributed by atoms with Gasteiger partial charge in [0.2, 0.25) is 0 Å². The number of hydrogen-bond acceptors (Lipinski definition) is 9. The van der Waals surface area contributed by atoms with Crippen LogP contribution in [0.2, 0.25) is 0 Å². The number of aromatic nitrogens is 2. The van der Waals surface area contributed by atoms with Gasteiger partial charge in [-0.05, 0) is 44.2 Å². The minimum Gasteiger partial charge on any atom is -0.465 e. The zero-order valence-electron chi connectivity index (χ0n) is 17.0. The van der Waals surface area contributed by atoms with Crippen LogP contribution in [-0.2, 0) is 27.1 Å². The number of methoxy groups -OCH3 is 1. The SMILES string of the molecule is COC(=O)c1c(NC(=O)COC(=O)c2sc3nc(C)[nH]c(=O)c3c2C)sc2c1CCC2. The molecule has 0 aliphatic heterocycles. The van der Waals surface area contributed by atoms with Crippen molar-refractivity contribution in [3.63, 3.8) is 0 Å². The molecule has 1 aliphatic rings. The Balaban J connectivity index is 1.48. The van der Waals surface area contributed by atoms with Gasteiger partial charge in [0.25, 0.3) is 11.5 Å². The first kappa shape index (κ1) is 21.2. The van der Waals surface area contributed by atoms with E-state index in [1.54, 1.807) is 13.8 Å². The Morgan fingerprint density at radius 2 is 1.94 bits per heavy atom. The van der Waals surface area contributed by atoms with Gasteiger partial charge in [-0.1, -0.05) is 0 Å². The Labute approximate surface area is 184 Å². The van der Waals surface area contributed by atoms with Crippen LogP contribution in [0.4, 0.5) is 5.00 Å². The van der Waals surface area contributed by atoms with Crippen molar-refractivity contribution in [3.05, 3.63) is 42.6 Å². The molecular formula is C20H19N3O6S2. The van der Waals surface area contributed by atoms with Crippen molar-refractivity contribution in [3.8, 4) is 0 Å². The molecule has 2 N–H and O–H groups in total. The monoisotopic (exact) mass is 461 g/mol. The molecule has 0 spiro atoms. The normalized spacial score (nSPS) is 12.6. The topological polar surface area (TPSA) is 127 Å². The maximum atomic E-state index is 12.5. The number of ether oxygens (including phenoxy) is 2. The van der Waals surface area contributed by atoms with E-state index in [4.69, 9.17) is 9.47 Å². The standard InChI is InChI=1S/C20H19N3O6S2/c1-8-13-16(25)21-9(2)22-17(13)31-15(8)20(27)29-7-12(24)23-18-14(19(26)28-3)10-5-4-6-11(10)30-18/h4-7H2,1-3H3,(H,23,24)(H,21,22,25). The number of H-pyrrole nitrogens is 1. The van der Waals surface area contributed by atoms with Crippen LogP contribution in [0.5, 0.6) is 0 Å². The van der Waals surface area contributed by atoms with Crippen molar-refractivity contribution in [2.24, 2.45) is 0 Å². The predicted octanol–water partition coefficient (Wildman–Crippen LogP) is 2.73. The highest BCUT2D eigenvalue weighted by molar-refractivity contribution is 7.20. The Kier molecular flexibility index (Phi) is 5.63. The summed E-state index contributed by atoms with van der Waals surface area (Å²) in [5.74, 6) is -1.33. The second-order valence-corrected chi connectivity index (χ2v) is 9.17. The molecular weight excluding hydrogens is 442 g/mol. The summed E-state index contributed by atoms with van der Waals surface area (Å²) in [5.41, 5.74) is 1.43. The lowest BCUT2D eigenvalue weighted by molar-refractivity contribution is -0.119. The summed E-state index contributed by atoms with van der Waals surface area (Å²) in [6.45, 7) is 2.76. The van der Waals surface area contributed by atoms with Crippen molar-refractivity contribution >= 4 is 55.7 Å². The van der Waals surface area contributed by atoms with E-state index in [2.05, 4.69) is 15.3 Å². The van der Waals surface area contributed by atoms with E-state index in [1.807, 2.05) is 0 Å². The molecule has 3 aromatic rings. The van der Waals surface area contributed by atoms with E-state index in [0.29, 0.717) is 32.2 Å². The van der Waals surface area contributed by atoms with Crippen LogP contribution in [0, 0.1) is 13.8 Å². The number of esters is 2. The number of carbonyl (C=O) groups is 3. The van der Waals surface area contributed by atoms with Crippen LogP contribution < -0.4 is 10.9 Å². The van der Waals surface area contributed by atoms with E-state index in [0.717, 1.165) is 41.0 Å². The van der Waals surface area contributed by atoms with Crippen LogP contribution in [-0.4, -0.2) is 41.5 Å². The molecule has 9 nitrogen and oxygen atoms in total. The predicted molar refractivity (Wildman–Crippen MR) is 116 cm³/mol. The van der Waals surface area contributed by atoms with Gasteiger partial charge in [-0.3, -0.25) is 9.59 Å². The lowest BCUT2D eigenvalue weighted by Gasteiger charge is -2.07. The van der Waals surface area contributed by atoms with Crippen LogP contribution in [0.3, 0.4) is 0 Å². The number of nitrogens with zero attached hydrogens (tertiary/aromatic N) is 1. The van der Waals surface area contributed by atoms with Crippen molar-refractivity contribution in [2.75, 3.05) is 19.0 Å². The maximum absolute atomic E-state index is 12.5. The van der Waals surface area contributed by atoms with Gasteiger partial charge in [-0.25, -0.2) is 14.6 Å². The molecule has 4 rings (SSSR count). The minimum atomic E-state index is -0.713. The highest BCUT2D eigenvalue weighted by atomic mass is 32.1. The Morgan fingerprint density at radius 3 is 2.68 bits per heavy atom. The number of rotatable bonds is 5. The molecule has 3 aromatic heterocycles. The third-order valence-corrected chi connectivity index (χ3v) is 7.38. The van der Waals surface area contributed by atoms with Crippen LogP contribution >= 0.6 is 22.7 Å². The van der Waals surface area contributed by atoms with Gasteiger partial charge in [0.1, 0.15) is 20.5 Å². The molecule has 0 bridgehead atoms. The van der Waals surface area contributed by atoms with Crippen LogP contribution in [0.15, 0.2) is 4.79 Å². The highest BCUT2D eigenvalue weighted by Crippen LogP contribution is 2.39. The summed E-state index contributed by atoms with van der Waals surface area (Å²) >= 11 is 2.39. The fraction of sp³-hybridized carbons (Fsp3) is 0.350. The molecule has 0 radical (unpaired) electrons. The Morgan fingerprint density at radius 1 is 1.16 bits per heavy atom. The zero-order chi connectivity index (χ0) is 22.3. The molecule has 0 atom stereocenters. The van der Waals surface area contributed by atoms with Crippen molar-refractivity contribution in [1.29, 1.82) is 0 Å². The van der Waals surface area contributed by atoms with Gasteiger partial charge in [0, 0.05) is 4.88 Å². The van der Waals surface area contributed by atoms with Crippen molar-refractivity contribution < 1.29 is 23.9 Å². The smallest absolute Gasteiger partial charge is 0.349 e. The van der Waals surface area contributed by atoms with Gasteiger partial charge >= 0.3 is 11.9 Å². The molecule has 0 fully saturated rings. The lowest BCUT2D eigenvalue weighted by Crippen LogP contribution is -2.21. The van der Waals surface area contributed by atoms with Gasteiger partial charge in [0.05, 0.1) is 18.1 Å². The largest absolute Gasteiger partial charge is 0.465 e. The van der Waals surface area contributed by atoms with Crippen molar-refractivity contribution in [1.82, 2.24) is 9.97 Å². The number of amides is 1. The highest BCUT2D eigenvalue weighted by Gasteiger charge is 2.28. The third-order valence-electron chi connectivity index (χ3n) is 5.00. The molecule has 162 valence electrons. The first-order valence-corrected chi connectivity index (χ1v) is 11.1. The summed E-state index contributed by atoms with van der Waals surface area (Å²) in [6.07, 6.45) is 2.58. The fourth-order valence-electron chi connectivity index (χ4n) is 3.62. The molecule has 3 heterocycles. The second-order valence-electron chi connectivity index (χ2n) is 7.07. The van der Waals surface area contributed by atoms with Gasteiger partial charge in [-0.15, -0.1) is 22.7 Å². The third kappa shape index (κ3) is 3.86. The van der Waals surface area contributed by atoms with Gasteiger partial charge < -0.3 is 19.8 Å². The quantitative estimate of drug-likeness (QED) is 0.559. The van der Waals surface area contributed by atoms with E-state index in [-0.39, 0.29) is 10.4 Å². The van der Waals surface area contributed by atoms with Crippen molar-refractivity contribution in [2.45, 2.75) is 33.1 Å². The van der Waals surface area contributed by atoms with E-state index in [9.17, 15) is 19.2 Å². The molecule has 11 heteroatoms. The van der Waals surface area contributed by atoms with E-state index in [1.165, 1.54) is 18.4 Å². The first-order chi connectivity index (χ1) is 14.8. The minimum absolute atomic E-state index is 0.219. The van der Waals surface area contributed by atoms with Gasteiger partial charge in [0.15, 0.2) is 6.61 Å². The summed E-state index contributed by atoms with van der Waals surface area (Å²) in [5, 5.41) is 3.40. The lowest BCUT2D eigenvalue weighted by atomic mass is 10.1. The number of anilines is 1. The van der Waals surface area contributed by atoms with Crippen LogP contribution in [0.1, 0.15) is 48.3 Å². The Hall–Kier alpha value is -3.05. The number of thiophene rings is 2.